The molecule has 1 rings (SSSR count). The molecule has 0 aromatic heterocycles. The van der Waals surface area contributed by atoms with E-state index in [0.29, 0.717) is 35.5 Å². The molecule has 2 N–H and O–H groups in total. The van der Waals surface area contributed by atoms with Crippen molar-refractivity contribution in [1.82, 2.24) is 5.32 Å². The van der Waals surface area contributed by atoms with Gasteiger partial charge in [0.1, 0.15) is 18.5 Å². The number of aliphatic hydroxyl groups is 1. The van der Waals surface area contributed by atoms with Gasteiger partial charge in [-0.2, -0.15) is 0 Å². The molecule has 1 atom stereocenters. The Morgan fingerprint density at radius 2 is 2.17 bits per heavy atom. The molecule has 0 radical (unpaired) electrons. The first-order chi connectivity index (χ1) is 8.63. The van der Waals surface area contributed by atoms with Gasteiger partial charge in [0.2, 0.25) is 0 Å². The third-order valence-corrected chi connectivity index (χ3v) is 2.73. The molecule has 0 amide bonds. The van der Waals surface area contributed by atoms with E-state index in [9.17, 15) is 5.11 Å². The van der Waals surface area contributed by atoms with Crippen LogP contribution < -0.4 is 10.1 Å². The van der Waals surface area contributed by atoms with Crippen LogP contribution in [0.3, 0.4) is 0 Å². The molecule has 102 valence electrons. The highest BCUT2D eigenvalue weighted by molar-refractivity contribution is 6.34. The van der Waals surface area contributed by atoms with Crippen molar-refractivity contribution in [1.29, 1.82) is 0 Å². The Balaban J connectivity index is 2.29. The number of aliphatic hydroxyl groups excluding tert-OH is 1. The lowest BCUT2D eigenvalue weighted by atomic mass is 10.3. The predicted molar refractivity (Wildman–Crippen MR) is 72.7 cm³/mol. The Morgan fingerprint density at radius 3 is 2.89 bits per heavy atom. The Bertz CT molecular complexity index is 363. The monoisotopic (exact) mass is 293 g/mol. The Labute approximate surface area is 117 Å². The van der Waals surface area contributed by atoms with Gasteiger partial charge in [-0.25, -0.2) is 0 Å². The zero-order chi connectivity index (χ0) is 13.4. The van der Waals surface area contributed by atoms with Crippen LogP contribution in [0.5, 0.6) is 5.75 Å². The van der Waals surface area contributed by atoms with Crippen LogP contribution in [0.2, 0.25) is 10.0 Å². The maximum absolute atomic E-state index is 9.67. The summed E-state index contributed by atoms with van der Waals surface area (Å²) in [5, 5.41) is 13.7. The number of rotatable bonds is 8. The van der Waals surface area contributed by atoms with Gasteiger partial charge < -0.3 is 19.9 Å². The van der Waals surface area contributed by atoms with Crippen molar-refractivity contribution < 1.29 is 14.6 Å². The van der Waals surface area contributed by atoms with Crippen molar-refractivity contribution >= 4 is 23.2 Å². The standard InChI is InChI=1S/C12H17Cl2NO3/c1-17-5-4-15-7-10(16)8-18-12-6-9(13)2-3-11(12)14/h2-3,6,10,15-16H,4-5,7-8H2,1H3. The first-order valence-corrected chi connectivity index (χ1v) is 6.34. The zero-order valence-corrected chi connectivity index (χ0v) is 11.7. The van der Waals surface area contributed by atoms with Gasteiger partial charge in [-0.3, -0.25) is 0 Å². The third kappa shape index (κ3) is 5.89. The summed E-state index contributed by atoms with van der Waals surface area (Å²) in [6.07, 6.45) is -0.614. The Hall–Kier alpha value is -0.520. The minimum Gasteiger partial charge on any atom is -0.489 e. The quantitative estimate of drug-likeness (QED) is 0.720. The van der Waals surface area contributed by atoms with Crippen molar-refractivity contribution in [3.05, 3.63) is 28.2 Å². The molecule has 1 unspecified atom stereocenters. The van der Waals surface area contributed by atoms with Crippen LogP contribution in [-0.4, -0.2) is 44.6 Å². The fourth-order valence-corrected chi connectivity index (χ4v) is 1.61. The van der Waals surface area contributed by atoms with Gasteiger partial charge in [-0.1, -0.05) is 23.2 Å². The Morgan fingerprint density at radius 1 is 1.39 bits per heavy atom. The van der Waals surface area contributed by atoms with Gasteiger partial charge in [0, 0.05) is 31.3 Å². The van der Waals surface area contributed by atoms with Crippen LogP contribution in [0.15, 0.2) is 18.2 Å². The van der Waals surface area contributed by atoms with Crippen LogP contribution in [-0.2, 0) is 4.74 Å². The Kier molecular flexibility index (Phi) is 7.39. The lowest BCUT2D eigenvalue weighted by Crippen LogP contribution is -2.33. The van der Waals surface area contributed by atoms with E-state index in [1.165, 1.54) is 0 Å². The van der Waals surface area contributed by atoms with Crippen LogP contribution in [0.1, 0.15) is 0 Å². The minimum atomic E-state index is -0.614. The van der Waals surface area contributed by atoms with Crippen molar-refractivity contribution in [3.8, 4) is 5.75 Å². The molecule has 0 saturated carbocycles. The van der Waals surface area contributed by atoms with E-state index in [1.54, 1.807) is 25.3 Å². The van der Waals surface area contributed by atoms with Crippen LogP contribution in [0, 0.1) is 0 Å². The molecule has 1 aromatic carbocycles. The lowest BCUT2D eigenvalue weighted by molar-refractivity contribution is 0.103. The van der Waals surface area contributed by atoms with Gasteiger partial charge in [0.25, 0.3) is 0 Å². The molecular weight excluding hydrogens is 277 g/mol. The van der Waals surface area contributed by atoms with Crippen molar-refractivity contribution in [2.75, 3.05) is 33.4 Å². The molecule has 0 aliphatic rings. The van der Waals surface area contributed by atoms with E-state index in [0.717, 1.165) is 0 Å². The average molecular weight is 294 g/mol. The fourth-order valence-electron chi connectivity index (χ4n) is 1.28. The number of hydrogen-bond acceptors (Lipinski definition) is 4. The van der Waals surface area contributed by atoms with E-state index in [4.69, 9.17) is 32.7 Å². The molecule has 6 heteroatoms. The first kappa shape index (κ1) is 15.5. The second-order valence-electron chi connectivity index (χ2n) is 3.74. The van der Waals surface area contributed by atoms with Crippen LogP contribution in [0.25, 0.3) is 0 Å². The van der Waals surface area contributed by atoms with Crippen molar-refractivity contribution in [2.45, 2.75) is 6.10 Å². The highest BCUT2D eigenvalue weighted by Crippen LogP contribution is 2.27. The summed E-state index contributed by atoms with van der Waals surface area (Å²) >= 11 is 11.8. The van der Waals surface area contributed by atoms with Gasteiger partial charge in [-0.05, 0) is 12.1 Å². The summed E-state index contributed by atoms with van der Waals surface area (Å²) in [7, 11) is 1.63. The maximum Gasteiger partial charge on any atom is 0.139 e. The molecule has 0 aliphatic carbocycles. The SMILES string of the molecule is COCCNCC(O)COc1cc(Cl)ccc1Cl. The van der Waals surface area contributed by atoms with Gasteiger partial charge >= 0.3 is 0 Å². The second-order valence-corrected chi connectivity index (χ2v) is 4.58. The summed E-state index contributed by atoms with van der Waals surface area (Å²) < 4.78 is 10.3. The van der Waals surface area contributed by atoms with E-state index in [-0.39, 0.29) is 6.61 Å². The molecule has 4 nitrogen and oxygen atoms in total. The van der Waals surface area contributed by atoms with E-state index >= 15 is 0 Å². The van der Waals surface area contributed by atoms with Gasteiger partial charge in [0.05, 0.1) is 11.6 Å². The molecule has 0 heterocycles. The highest BCUT2D eigenvalue weighted by atomic mass is 35.5. The molecule has 0 spiro atoms. The molecule has 18 heavy (non-hydrogen) atoms. The number of nitrogens with one attached hydrogen (secondary N) is 1. The smallest absolute Gasteiger partial charge is 0.139 e. The molecule has 1 aromatic rings. The number of halogens is 2. The van der Waals surface area contributed by atoms with Gasteiger partial charge in [0.15, 0.2) is 0 Å². The minimum absolute atomic E-state index is 0.153. The van der Waals surface area contributed by atoms with Crippen molar-refractivity contribution in [3.63, 3.8) is 0 Å². The number of hydrogen-bond donors (Lipinski definition) is 2. The predicted octanol–water partition coefficient (Wildman–Crippen LogP) is 1.97. The summed E-state index contributed by atoms with van der Waals surface area (Å²) in [6.45, 7) is 1.88. The van der Waals surface area contributed by atoms with Crippen molar-refractivity contribution in [2.24, 2.45) is 0 Å². The summed E-state index contributed by atoms with van der Waals surface area (Å²) in [5.74, 6) is 0.472. The number of ether oxygens (including phenoxy) is 2. The number of methoxy groups -OCH3 is 1. The molecule has 0 fully saturated rings. The third-order valence-electron chi connectivity index (χ3n) is 2.19. The topological polar surface area (TPSA) is 50.7 Å². The summed E-state index contributed by atoms with van der Waals surface area (Å²) in [6, 6.07) is 4.96. The van der Waals surface area contributed by atoms with Gasteiger partial charge in [-0.15, -0.1) is 0 Å². The largest absolute Gasteiger partial charge is 0.489 e. The molecule has 0 aliphatic heterocycles. The van der Waals surface area contributed by atoms with E-state index in [1.807, 2.05) is 0 Å². The first-order valence-electron chi connectivity index (χ1n) is 5.59. The normalized spacial score (nSPS) is 12.4. The maximum atomic E-state index is 9.67. The van der Waals surface area contributed by atoms with Crippen LogP contribution >= 0.6 is 23.2 Å². The molecule has 0 bridgehead atoms. The fraction of sp³-hybridized carbons (Fsp3) is 0.500. The second kappa shape index (κ2) is 8.56. The molecular formula is C12H17Cl2NO3. The lowest BCUT2D eigenvalue weighted by Gasteiger charge is -2.14. The molecule has 0 saturated heterocycles. The number of benzene rings is 1. The summed E-state index contributed by atoms with van der Waals surface area (Å²) in [5.41, 5.74) is 0. The summed E-state index contributed by atoms with van der Waals surface area (Å²) in [4.78, 5) is 0. The average Bonchev–Trinajstić information content (AvgIpc) is 2.36. The van der Waals surface area contributed by atoms with E-state index < -0.39 is 6.10 Å². The van der Waals surface area contributed by atoms with E-state index in [2.05, 4.69) is 5.32 Å². The van der Waals surface area contributed by atoms with Crippen LogP contribution in [0.4, 0.5) is 0 Å². The zero-order valence-electron chi connectivity index (χ0n) is 10.2. The highest BCUT2D eigenvalue weighted by Gasteiger charge is 2.07.